The number of benzene rings is 1. The van der Waals surface area contributed by atoms with Crippen molar-refractivity contribution in [2.45, 2.75) is 19.8 Å². The molecule has 21 heavy (non-hydrogen) atoms. The molecule has 0 unspecified atom stereocenters. The van der Waals surface area contributed by atoms with Gasteiger partial charge < -0.3 is 5.73 Å². The summed E-state index contributed by atoms with van der Waals surface area (Å²) in [4.78, 5) is 12.7. The maximum atomic E-state index is 5.78. The van der Waals surface area contributed by atoms with Gasteiger partial charge in [0.1, 0.15) is 0 Å². The Morgan fingerprint density at radius 1 is 1.05 bits per heavy atom. The van der Waals surface area contributed by atoms with Crippen LogP contribution in [-0.2, 0) is 0 Å². The molecule has 6 heteroatoms. The second-order valence-electron chi connectivity index (χ2n) is 5.04. The molecule has 2 aromatic heterocycles. The number of nitrogens with zero attached hydrogens (tertiary/aromatic N) is 5. The van der Waals surface area contributed by atoms with Crippen molar-refractivity contribution >= 4 is 5.95 Å². The first-order chi connectivity index (χ1) is 10.1. The topological polar surface area (TPSA) is 82.5 Å². The van der Waals surface area contributed by atoms with Crippen LogP contribution in [0.4, 0.5) is 5.95 Å². The number of nitrogens with two attached hydrogens (primary N) is 1. The van der Waals surface area contributed by atoms with E-state index in [0.717, 1.165) is 5.56 Å². The lowest BCUT2D eigenvalue weighted by atomic mass is 10.0. The maximum absolute atomic E-state index is 5.78. The molecule has 0 spiro atoms. The lowest BCUT2D eigenvalue weighted by Crippen LogP contribution is -2.08. The van der Waals surface area contributed by atoms with E-state index in [1.165, 1.54) is 5.56 Å². The van der Waals surface area contributed by atoms with Crippen molar-refractivity contribution in [2.24, 2.45) is 0 Å². The number of aromatic nitrogens is 5. The van der Waals surface area contributed by atoms with Crippen LogP contribution < -0.4 is 5.73 Å². The quantitative estimate of drug-likeness (QED) is 0.796. The van der Waals surface area contributed by atoms with E-state index in [2.05, 4.69) is 46.0 Å². The highest BCUT2D eigenvalue weighted by molar-refractivity contribution is 5.57. The highest BCUT2D eigenvalue weighted by Crippen LogP contribution is 2.20. The van der Waals surface area contributed by atoms with E-state index in [0.29, 0.717) is 17.7 Å². The normalized spacial score (nSPS) is 11.0. The van der Waals surface area contributed by atoms with Crippen molar-refractivity contribution < 1.29 is 0 Å². The number of anilines is 1. The molecule has 0 bridgehead atoms. The van der Waals surface area contributed by atoms with Gasteiger partial charge in [-0.1, -0.05) is 38.1 Å². The van der Waals surface area contributed by atoms with Crippen LogP contribution in [0.25, 0.3) is 17.3 Å². The fraction of sp³-hybridized carbons (Fsp3) is 0.200. The van der Waals surface area contributed by atoms with Crippen molar-refractivity contribution in [2.75, 3.05) is 5.73 Å². The third-order valence-electron chi connectivity index (χ3n) is 3.19. The molecule has 3 rings (SSSR count). The van der Waals surface area contributed by atoms with Crippen LogP contribution in [-0.4, -0.2) is 24.7 Å². The second kappa shape index (κ2) is 5.32. The van der Waals surface area contributed by atoms with Gasteiger partial charge in [-0.25, -0.2) is 4.68 Å². The van der Waals surface area contributed by atoms with Gasteiger partial charge in [0.25, 0.3) is 5.95 Å². The Hall–Kier alpha value is -2.76. The first kappa shape index (κ1) is 13.2. The summed E-state index contributed by atoms with van der Waals surface area (Å²) in [5.41, 5.74) is 7.95. The van der Waals surface area contributed by atoms with Crippen LogP contribution in [0.15, 0.2) is 42.7 Å². The maximum Gasteiger partial charge on any atom is 0.255 e. The van der Waals surface area contributed by atoms with Crippen LogP contribution in [0.1, 0.15) is 25.3 Å². The predicted octanol–water partition coefficient (Wildman–Crippen LogP) is 2.43. The average Bonchev–Trinajstić information content (AvgIpc) is 3.01. The average molecular weight is 280 g/mol. The molecule has 6 nitrogen and oxygen atoms in total. The molecule has 0 aliphatic rings. The summed E-state index contributed by atoms with van der Waals surface area (Å²) in [5.74, 6) is 1.62. The minimum atomic E-state index is 0.179. The van der Waals surface area contributed by atoms with E-state index < -0.39 is 0 Å². The first-order valence-corrected chi connectivity index (χ1v) is 6.75. The number of hydrogen-bond acceptors (Lipinski definition) is 5. The Kier molecular flexibility index (Phi) is 3.35. The molecular weight excluding hydrogens is 264 g/mol. The third-order valence-corrected chi connectivity index (χ3v) is 3.19. The monoisotopic (exact) mass is 280 g/mol. The molecule has 2 N–H and O–H groups in total. The fourth-order valence-electron chi connectivity index (χ4n) is 2.02. The van der Waals surface area contributed by atoms with Gasteiger partial charge in [0.15, 0.2) is 5.82 Å². The Morgan fingerprint density at radius 3 is 2.43 bits per heavy atom. The molecule has 0 radical (unpaired) electrons. The minimum absolute atomic E-state index is 0.179. The summed E-state index contributed by atoms with van der Waals surface area (Å²) in [7, 11) is 0. The molecule has 0 aliphatic carbocycles. The van der Waals surface area contributed by atoms with E-state index >= 15 is 0 Å². The number of rotatable bonds is 3. The van der Waals surface area contributed by atoms with E-state index in [1.807, 2.05) is 12.1 Å². The zero-order valence-corrected chi connectivity index (χ0v) is 11.9. The smallest absolute Gasteiger partial charge is 0.255 e. The van der Waals surface area contributed by atoms with E-state index in [1.54, 1.807) is 23.1 Å². The molecule has 0 atom stereocenters. The zero-order valence-electron chi connectivity index (χ0n) is 11.9. The molecule has 1 aromatic carbocycles. The Balaban J connectivity index is 2.02. The van der Waals surface area contributed by atoms with Gasteiger partial charge in [-0.15, -0.1) is 0 Å². The van der Waals surface area contributed by atoms with Crippen LogP contribution in [0.2, 0.25) is 0 Å². The zero-order chi connectivity index (χ0) is 14.8. The lowest BCUT2D eigenvalue weighted by Gasteiger charge is -2.07. The fourth-order valence-corrected chi connectivity index (χ4v) is 2.02. The van der Waals surface area contributed by atoms with E-state index in [4.69, 9.17) is 5.73 Å². The lowest BCUT2D eigenvalue weighted by molar-refractivity contribution is 0.801. The molecular formula is C15H16N6. The summed E-state index contributed by atoms with van der Waals surface area (Å²) in [6, 6.07) is 9.95. The number of hydrogen-bond donors (Lipinski definition) is 1. The van der Waals surface area contributed by atoms with Gasteiger partial charge in [0, 0.05) is 18.0 Å². The van der Waals surface area contributed by atoms with Crippen molar-refractivity contribution in [1.29, 1.82) is 0 Å². The summed E-state index contributed by atoms with van der Waals surface area (Å²) < 4.78 is 1.56. The molecule has 0 saturated heterocycles. The SMILES string of the molecule is CC(C)c1ccc(-c2nc(N)nc(-n3cccn3)n2)cc1. The summed E-state index contributed by atoms with van der Waals surface area (Å²) in [5, 5.41) is 4.11. The Morgan fingerprint density at radius 2 is 1.81 bits per heavy atom. The first-order valence-electron chi connectivity index (χ1n) is 6.75. The summed E-state index contributed by atoms with van der Waals surface area (Å²) in [6.45, 7) is 4.32. The minimum Gasteiger partial charge on any atom is -0.368 e. The summed E-state index contributed by atoms with van der Waals surface area (Å²) in [6.07, 6.45) is 3.43. The highest BCUT2D eigenvalue weighted by atomic mass is 15.4. The van der Waals surface area contributed by atoms with E-state index in [-0.39, 0.29) is 5.95 Å². The van der Waals surface area contributed by atoms with Crippen molar-refractivity contribution in [1.82, 2.24) is 24.7 Å². The van der Waals surface area contributed by atoms with Gasteiger partial charge in [-0.3, -0.25) is 0 Å². The molecule has 0 saturated carbocycles. The van der Waals surface area contributed by atoms with Crippen LogP contribution >= 0.6 is 0 Å². The molecule has 2 heterocycles. The van der Waals surface area contributed by atoms with Crippen LogP contribution in [0.5, 0.6) is 0 Å². The third kappa shape index (κ3) is 2.74. The van der Waals surface area contributed by atoms with Gasteiger partial charge >= 0.3 is 0 Å². The largest absolute Gasteiger partial charge is 0.368 e. The standard InChI is InChI=1S/C15H16N6/c1-10(2)11-4-6-12(7-5-11)13-18-14(16)20-15(19-13)21-9-3-8-17-21/h3-10H,1-2H3,(H2,16,18,19,20). The highest BCUT2D eigenvalue weighted by Gasteiger charge is 2.09. The van der Waals surface area contributed by atoms with Crippen molar-refractivity contribution in [3.8, 4) is 17.3 Å². The molecule has 3 aromatic rings. The second-order valence-corrected chi connectivity index (χ2v) is 5.04. The molecule has 0 fully saturated rings. The molecule has 0 aliphatic heterocycles. The van der Waals surface area contributed by atoms with Gasteiger partial charge in [0.05, 0.1) is 0 Å². The van der Waals surface area contributed by atoms with Gasteiger partial charge in [-0.2, -0.15) is 20.1 Å². The summed E-state index contributed by atoms with van der Waals surface area (Å²) >= 11 is 0. The number of nitrogen functional groups attached to an aromatic ring is 1. The van der Waals surface area contributed by atoms with Crippen LogP contribution in [0, 0.1) is 0 Å². The predicted molar refractivity (Wildman–Crippen MR) is 80.9 cm³/mol. The van der Waals surface area contributed by atoms with Crippen LogP contribution in [0.3, 0.4) is 0 Å². The van der Waals surface area contributed by atoms with Crippen molar-refractivity contribution in [3.05, 3.63) is 48.3 Å². The Bertz CT molecular complexity index is 731. The Labute approximate surface area is 122 Å². The van der Waals surface area contributed by atoms with Gasteiger partial charge in [0.2, 0.25) is 5.95 Å². The molecule has 0 amide bonds. The molecule has 106 valence electrons. The van der Waals surface area contributed by atoms with Gasteiger partial charge in [-0.05, 0) is 17.5 Å². The van der Waals surface area contributed by atoms with Crippen molar-refractivity contribution in [3.63, 3.8) is 0 Å². The van der Waals surface area contributed by atoms with E-state index in [9.17, 15) is 0 Å².